The fourth-order valence-electron chi connectivity index (χ4n) is 1.06. The Bertz CT molecular complexity index is 373. The number of rotatable bonds is 4. The van der Waals surface area contributed by atoms with E-state index < -0.39 is 17.0 Å². The van der Waals surface area contributed by atoms with Gasteiger partial charge < -0.3 is 10.2 Å². The van der Waals surface area contributed by atoms with E-state index in [1.54, 1.807) is 0 Å². The number of aliphatic hydroxyl groups is 1. The van der Waals surface area contributed by atoms with Gasteiger partial charge in [-0.05, 0) is 5.56 Å². The van der Waals surface area contributed by atoms with E-state index in [-0.39, 0.29) is 12.1 Å². The molecule has 80 valence electrons. The molecule has 0 aliphatic heterocycles. The lowest BCUT2D eigenvalue weighted by Crippen LogP contribution is -2.21. The number of non-ortho nitro benzene ring substituents is 1. The third-order valence-corrected chi connectivity index (χ3v) is 1.86. The highest BCUT2D eigenvalue weighted by Crippen LogP contribution is 2.13. The van der Waals surface area contributed by atoms with Gasteiger partial charge in [-0.2, -0.15) is 0 Å². The van der Waals surface area contributed by atoms with Gasteiger partial charge in [-0.25, -0.2) is 4.79 Å². The van der Waals surface area contributed by atoms with Crippen LogP contribution in [0.25, 0.3) is 0 Å². The standard InChI is InChI=1S/C9H9NO5/c11-8(9(12)13)5-6-1-3-7(4-2-6)10(14)15/h1-4,8,11H,5H2,(H,12,13)/t8-/m0/s1. The zero-order valence-corrected chi connectivity index (χ0v) is 7.66. The number of aliphatic hydroxyl groups excluding tert-OH is 1. The van der Waals surface area contributed by atoms with E-state index in [1.165, 1.54) is 24.3 Å². The van der Waals surface area contributed by atoms with Crippen molar-refractivity contribution in [1.82, 2.24) is 0 Å². The molecule has 0 radical (unpaired) electrons. The molecule has 1 aromatic carbocycles. The number of hydrogen-bond donors (Lipinski definition) is 2. The van der Waals surface area contributed by atoms with Crippen molar-refractivity contribution in [3.8, 4) is 0 Å². The number of nitro groups is 1. The van der Waals surface area contributed by atoms with Gasteiger partial charge in [0, 0.05) is 18.6 Å². The van der Waals surface area contributed by atoms with Crippen molar-refractivity contribution >= 4 is 11.7 Å². The van der Waals surface area contributed by atoms with Crippen LogP contribution in [-0.2, 0) is 11.2 Å². The molecule has 0 bridgehead atoms. The summed E-state index contributed by atoms with van der Waals surface area (Å²) in [4.78, 5) is 20.1. The summed E-state index contributed by atoms with van der Waals surface area (Å²) in [6.07, 6.45) is -1.54. The molecule has 0 unspecified atom stereocenters. The van der Waals surface area contributed by atoms with Crippen LogP contribution in [0.1, 0.15) is 5.56 Å². The molecule has 0 amide bonds. The van der Waals surface area contributed by atoms with Crippen LogP contribution >= 0.6 is 0 Å². The van der Waals surface area contributed by atoms with Gasteiger partial charge in [0.1, 0.15) is 0 Å². The number of carboxylic acid groups (broad SMARTS) is 1. The maximum Gasteiger partial charge on any atom is 0.332 e. The Morgan fingerprint density at radius 2 is 1.93 bits per heavy atom. The van der Waals surface area contributed by atoms with Crippen LogP contribution in [0.2, 0.25) is 0 Å². The van der Waals surface area contributed by atoms with Gasteiger partial charge >= 0.3 is 5.97 Å². The summed E-state index contributed by atoms with van der Waals surface area (Å²) >= 11 is 0. The fraction of sp³-hybridized carbons (Fsp3) is 0.222. The Labute approximate surface area is 84.9 Å². The van der Waals surface area contributed by atoms with Crippen LogP contribution < -0.4 is 0 Å². The van der Waals surface area contributed by atoms with Gasteiger partial charge in [0.05, 0.1) is 4.92 Å². The van der Waals surface area contributed by atoms with Gasteiger partial charge in [0.2, 0.25) is 0 Å². The summed E-state index contributed by atoms with van der Waals surface area (Å²) in [5.41, 5.74) is 0.471. The van der Waals surface area contributed by atoms with Gasteiger partial charge in [-0.3, -0.25) is 10.1 Å². The molecular weight excluding hydrogens is 202 g/mol. The molecule has 0 fully saturated rings. The Kier molecular flexibility index (Phi) is 3.35. The van der Waals surface area contributed by atoms with Crippen molar-refractivity contribution in [2.75, 3.05) is 0 Å². The summed E-state index contributed by atoms with van der Waals surface area (Å²) in [6, 6.07) is 5.38. The second kappa shape index (κ2) is 4.52. The Morgan fingerprint density at radius 1 is 1.40 bits per heavy atom. The number of carbonyl (C=O) groups is 1. The largest absolute Gasteiger partial charge is 0.479 e. The van der Waals surface area contributed by atoms with E-state index in [2.05, 4.69) is 0 Å². The SMILES string of the molecule is O=C(O)[C@@H](O)Cc1ccc([N+](=O)[O-])cc1. The van der Waals surface area contributed by atoms with Gasteiger partial charge in [-0.15, -0.1) is 0 Å². The minimum absolute atomic E-state index is 0.0622. The zero-order chi connectivity index (χ0) is 11.4. The predicted molar refractivity (Wildman–Crippen MR) is 50.4 cm³/mol. The number of aliphatic carboxylic acids is 1. The molecule has 1 rings (SSSR count). The van der Waals surface area contributed by atoms with Crippen LogP contribution in [0, 0.1) is 10.1 Å². The molecule has 6 heteroatoms. The average Bonchev–Trinajstić information content (AvgIpc) is 2.18. The second-order valence-electron chi connectivity index (χ2n) is 2.98. The quantitative estimate of drug-likeness (QED) is 0.560. The molecule has 0 saturated carbocycles. The minimum atomic E-state index is -1.48. The van der Waals surface area contributed by atoms with Gasteiger partial charge in [-0.1, -0.05) is 12.1 Å². The smallest absolute Gasteiger partial charge is 0.332 e. The van der Waals surface area contributed by atoms with Crippen molar-refractivity contribution in [3.63, 3.8) is 0 Å². The molecule has 1 atom stereocenters. The van der Waals surface area contributed by atoms with E-state index in [9.17, 15) is 14.9 Å². The van der Waals surface area contributed by atoms with Crippen molar-refractivity contribution in [2.45, 2.75) is 12.5 Å². The molecule has 6 nitrogen and oxygen atoms in total. The Balaban J connectivity index is 2.72. The Hall–Kier alpha value is -1.95. The first-order valence-electron chi connectivity index (χ1n) is 4.15. The number of benzene rings is 1. The first-order chi connectivity index (χ1) is 7.00. The lowest BCUT2D eigenvalue weighted by Gasteiger charge is -2.04. The van der Waals surface area contributed by atoms with Crippen LogP contribution in [0.5, 0.6) is 0 Å². The number of nitro benzene ring substituents is 1. The summed E-state index contributed by atoms with van der Waals surface area (Å²) in [7, 11) is 0. The molecule has 0 aliphatic carbocycles. The number of nitrogens with zero attached hydrogens (tertiary/aromatic N) is 1. The van der Waals surface area contributed by atoms with Gasteiger partial charge in [0.15, 0.2) is 6.10 Å². The highest BCUT2D eigenvalue weighted by atomic mass is 16.6. The van der Waals surface area contributed by atoms with Crippen molar-refractivity contribution in [2.24, 2.45) is 0 Å². The van der Waals surface area contributed by atoms with E-state index >= 15 is 0 Å². The molecule has 0 aliphatic rings. The van der Waals surface area contributed by atoms with Crippen molar-refractivity contribution in [3.05, 3.63) is 39.9 Å². The molecular formula is C9H9NO5. The van der Waals surface area contributed by atoms with Crippen LogP contribution in [0.15, 0.2) is 24.3 Å². The van der Waals surface area contributed by atoms with E-state index in [0.29, 0.717) is 5.56 Å². The molecule has 0 aromatic heterocycles. The highest BCUT2D eigenvalue weighted by molar-refractivity contribution is 5.72. The number of carboxylic acids is 1. The lowest BCUT2D eigenvalue weighted by atomic mass is 10.1. The molecule has 2 N–H and O–H groups in total. The summed E-state index contributed by atoms with van der Waals surface area (Å²) < 4.78 is 0. The van der Waals surface area contributed by atoms with E-state index in [0.717, 1.165) is 0 Å². The third-order valence-electron chi connectivity index (χ3n) is 1.86. The normalized spacial score (nSPS) is 12.1. The Morgan fingerprint density at radius 3 is 2.33 bits per heavy atom. The van der Waals surface area contributed by atoms with Crippen LogP contribution in [0.3, 0.4) is 0 Å². The molecule has 0 spiro atoms. The molecule has 1 aromatic rings. The van der Waals surface area contributed by atoms with Gasteiger partial charge in [0.25, 0.3) is 5.69 Å². The monoisotopic (exact) mass is 211 g/mol. The highest BCUT2D eigenvalue weighted by Gasteiger charge is 2.14. The fourth-order valence-corrected chi connectivity index (χ4v) is 1.06. The predicted octanol–water partition coefficient (Wildman–Crippen LogP) is 0.583. The van der Waals surface area contributed by atoms with Crippen molar-refractivity contribution in [1.29, 1.82) is 0 Å². The average molecular weight is 211 g/mol. The summed E-state index contributed by atoms with van der Waals surface area (Å²) in [6.45, 7) is 0. The maximum atomic E-state index is 10.3. The van der Waals surface area contributed by atoms with E-state index in [4.69, 9.17) is 10.2 Å². The summed E-state index contributed by atoms with van der Waals surface area (Å²) in [5, 5.41) is 27.8. The molecule has 15 heavy (non-hydrogen) atoms. The topological polar surface area (TPSA) is 101 Å². The zero-order valence-electron chi connectivity index (χ0n) is 7.66. The molecule has 0 heterocycles. The molecule has 0 saturated heterocycles. The van der Waals surface area contributed by atoms with Crippen molar-refractivity contribution < 1.29 is 19.9 Å². The lowest BCUT2D eigenvalue weighted by molar-refractivity contribution is -0.384. The maximum absolute atomic E-state index is 10.3. The first kappa shape index (κ1) is 11.1. The van der Waals surface area contributed by atoms with E-state index in [1.807, 2.05) is 0 Å². The number of hydrogen-bond acceptors (Lipinski definition) is 4. The first-order valence-corrected chi connectivity index (χ1v) is 4.15. The third kappa shape index (κ3) is 3.03. The summed E-state index contributed by atoms with van der Waals surface area (Å²) in [5.74, 6) is -1.31. The van der Waals surface area contributed by atoms with Crippen LogP contribution in [0.4, 0.5) is 5.69 Å². The minimum Gasteiger partial charge on any atom is -0.479 e. The van der Waals surface area contributed by atoms with Crippen LogP contribution in [-0.4, -0.2) is 27.2 Å². The second-order valence-corrected chi connectivity index (χ2v) is 2.98.